The van der Waals surface area contributed by atoms with Crippen LogP contribution in [0.3, 0.4) is 0 Å². The van der Waals surface area contributed by atoms with Gasteiger partial charge in [-0.25, -0.2) is 0 Å². The maximum Gasteiger partial charge on any atom is 4.00 e. The predicted molar refractivity (Wildman–Crippen MR) is 151 cm³/mol. The van der Waals surface area contributed by atoms with Gasteiger partial charge in [-0.15, -0.1) is 0 Å². The summed E-state index contributed by atoms with van der Waals surface area (Å²) in [5, 5.41) is 5.78. The van der Waals surface area contributed by atoms with Gasteiger partial charge < -0.3 is 52.0 Å². The summed E-state index contributed by atoms with van der Waals surface area (Å²) in [6, 6.07) is 34.1. The molecular formula is C31H34HfN3Pr2-3. The molecule has 0 bridgehead atoms. The van der Waals surface area contributed by atoms with E-state index in [-0.39, 0.29) is 146 Å². The van der Waals surface area contributed by atoms with Crippen molar-refractivity contribution in [3.8, 4) is 16.8 Å². The molecule has 6 heteroatoms. The number of hydrogen-bond donors (Lipinski definition) is 0. The number of pyridine rings is 1. The molecule has 0 aliphatic heterocycles. The first-order valence-corrected chi connectivity index (χ1v) is 9.61. The van der Waals surface area contributed by atoms with Gasteiger partial charge in [0.2, 0.25) is 0 Å². The third-order valence-corrected chi connectivity index (χ3v) is 5.02. The van der Waals surface area contributed by atoms with Gasteiger partial charge in [-0.3, -0.25) is 0 Å². The maximum atomic E-state index is 4.83. The van der Waals surface area contributed by atoms with E-state index in [0.29, 0.717) is 5.82 Å². The van der Waals surface area contributed by atoms with Crippen molar-refractivity contribution in [2.24, 2.45) is 0 Å². The normalized spacial score (nSPS) is 8.57. The number of rotatable bonds is 4. The van der Waals surface area contributed by atoms with E-state index >= 15 is 0 Å². The molecule has 5 rings (SSSR count). The summed E-state index contributed by atoms with van der Waals surface area (Å²) in [7, 11) is 0. The molecule has 37 heavy (non-hydrogen) atoms. The zero-order chi connectivity index (χ0) is 19.6. The zero-order valence-corrected chi connectivity index (χ0v) is 33.7. The van der Waals surface area contributed by atoms with E-state index in [2.05, 4.69) is 77.5 Å². The Labute approximate surface area is 311 Å². The van der Waals surface area contributed by atoms with Gasteiger partial charge in [0.05, 0.1) is 0 Å². The molecule has 186 valence electrons. The zero-order valence-electron chi connectivity index (χ0n) is 22.7. The van der Waals surface area contributed by atoms with E-state index in [0.717, 1.165) is 28.0 Å². The van der Waals surface area contributed by atoms with Gasteiger partial charge in [-0.1, -0.05) is 67.3 Å². The van der Waals surface area contributed by atoms with E-state index in [1.54, 1.807) is 0 Å². The van der Waals surface area contributed by atoms with Crippen LogP contribution < -0.4 is 0 Å². The topological polar surface area (TPSA) is 31.9 Å². The summed E-state index contributed by atoms with van der Waals surface area (Å²) in [6.07, 6.45) is 2.06. The SMILES string of the molecule is Cc1ccc[c-]c1[N-]c1ccc2ccn(-c3cccc(-c4ccccc4)c3)c2n1.[CH3-].[CH3-].[CH3-].[CH3-].[CH3-].[Hf+4].[Pr].[Pr]. The second kappa shape index (κ2) is 20.6. The Balaban J connectivity index is -0.000000681. The molecule has 0 spiro atoms. The standard InChI is InChI=1S/C26H19N3.5CH3.Hf.2Pr/c1-19-8-5-6-13-24(19)27-25-15-14-21-16-17-29(26(21)28-25)23-12-7-11-22(18-23)20-9-3-2-4-10-20;;;;;;;;/h2-12,14-18H,1H3;5*1H3;;;/q-2;5*-1;+4;;. The van der Waals surface area contributed by atoms with Crippen LogP contribution in [0, 0.1) is 133 Å². The smallest absolute Gasteiger partial charge is 0.461 e. The van der Waals surface area contributed by atoms with Gasteiger partial charge in [0.25, 0.3) is 0 Å². The van der Waals surface area contributed by atoms with E-state index in [4.69, 9.17) is 10.3 Å². The first kappa shape index (κ1) is 43.8. The van der Waals surface area contributed by atoms with Crippen LogP contribution in [0.5, 0.6) is 0 Å². The van der Waals surface area contributed by atoms with Crippen molar-refractivity contribution in [2.45, 2.75) is 6.92 Å². The molecule has 3 aromatic carbocycles. The van der Waals surface area contributed by atoms with Gasteiger partial charge in [-0.05, 0) is 34.7 Å². The van der Waals surface area contributed by atoms with Crippen molar-refractivity contribution in [2.75, 3.05) is 0 Å². The van der Waals surface area contributed by atoms with Crippen LogP contribution in [0.1, 0.15) is 5.56 Å². The predicted octanol–water partition coefficient (Wildman–Crippen LogP) is 9.39. The molecule has 2 radical (unpaired) electrons. The van der Waals surface area contributed by atoms with Crippen LogP contribution >= 0.6 is 0 Å². The number of hydrogen-bond acceptors (Lipinski definition) is 1. The number of benzene rings is 3. The largest absolute Gasteiger partial charge is 4.00 e. The van der Waals surface area contributed by atoms with Crippen LogP contribution in [-0.2, 0) is 25.8 Å². The first-order chi connectivity index (χ1) is 14.3. The Morgan fingerprint density at radius 3 is 2.08 bits per heavy atom. The summed E-state index contributed by atoms with van der Waals surface area (Å²) in [5.74, 6) is 0.683. The summed E-state index contributed by atoms with van der Waals surface area (Å²) < 4.78 is 2.11. The Hall–Kier alpha value is -0.253. The van der Waals surface area contributed by atoms with Crippen LogP contribution in [-0.4, -0.2) is 9.55 Å². The number of fused-ring (bicyclic) bond motifs is 1. The summed E-state index contributed by atoms with van der Waals surface area (Å²) in [5.41, 5.74) is 6.26. The molecular weight excluding hydrogens is 875 g/mol. The second-order valence-corrected chi connectivity index (χ2v) is 7.00. The minimum absolute atomic E-state index is 0. The van der Waals surface area contributed by atoms with Gasteiger partial charge in [0.1, 0.15) is 0 Å². The monoisotopic (exact) mass is 910 g/mol. The molecule has 2 aromatic heterocycles. The molecule has 0 atom stereocenters. The van der Waals surface area contributed by atoms with Crippen molar-refractivity contribution < 1.29 is 108 Å². The number of nitrogens with zero attached hydrogens (tertiary/aromatic N) is 3. The molecule has 0 amide bonds. The minimum Gasteiger partial charge on any atom is -0.461 e. The van der Waals surface area contributed by atoms with Crippen molar-refractivity contribution in [3.63, 3.8) is 0 Å². The van der Waals surface area contributed by atoms with Gasteiger partial charge in [-0.2, -0.15) is 35.5 Å². The molecule has 0 aliphatic carbocycles. The van der Waals surface area contributed by atoms with Crippen molar-refractivity contribution >= 4 is 22.5 Å². The Morgan fingerprint density at radius 1 is 0.730 bits per heavy atom. The second-order valence-electron chi connectivity index (χ2n) is 7.00. The third-order valence-electron chi connectivity index (χ3n) is 5.02. The van der Waals surface area contributed by atoms with Gasteiger partial charge in [0.15, 0.2) is 0 Å². The molecule has 2 heterocycles. The summed E-state index contributed by atoms with van der Waals surface area (Å²) in [4.78, 5) is 4.83. The molecule has 0 saturated carbocycles. The molecule has 5 aromatic rings. The average Bonchev–Trinajstić information content (AvgIpc) is 3.19. The van der Waals surface area contributed by atoms with E-state index in [1.165, 1.54) is 11.1 Å². The summed E-state index contributed by atoms with van der Waals surface area (Å²) >= 11 is 0. The van der Waals surface area contributed by atoms with E-state index in [9.17, 15) is 0 Å². The fourth-order valence-corrected chi connectivity index (χ4v) is 3.48. The van der Waals surface area contributed by atoms with E-state index in [1.807, 2.05) is 37.3 Å². The van der Waals surface area contributed by atoms with Crippen molar-refractivity contribution in [1.29, 1.82) is 0 Å². The Kier molecular flexibility index (Phi) is 24.4. The fraction of sp³-hybridized carbons (Fsp3) is 0.0323. The molecule has 0 unspecified atom stereocenters. The van der Waals surface area contributed by atoms with Crippen LogP contribution in [0.15, 0.2) is 97.2 Å². The molecule has 0 saturated heterocycles. The number of para-hydroxylation sites is 1. The van der Waals surface area contributed by atoms with Crippen LogP contribution in [0.4, 0.5) is 11.5 Å². The molecule has 3 nitrogen and oxygen atoms in total. The first-order valence-electron chi connectivity index (χ1n) is 9.61. The van der Waals surface area contributed by atoms with Gasteiger partial charge in [0, 0.05) is 100 Å². The van der Waals surface area contributed by atoms with E-state index < -0.39 is 0 Å². The maximum absolute atomic E-state index is 4.83. The average molecular weight is 909 g/mol. The third kappa shape index (κ3) is 10.3. The van der Waals surface area contributed by atoms with Crippen LogP contribution in [0.2, 0.25) is 0 Å². The van der Waals surface area contributed by atoms with Crippen molar-refractivity contribution in [3.05, 3.63) is 151 Å². The van der Waals surface area contributed by atoms with Crippen LogP contribution in [0.25, 0.3) is 33.2 Å². The molecule has 0 fully saturated rings. The Morgan fingerprint density at radius 2 is 1.41 bits per heavy atom. The molecule has 0 N–H and O–H groups in total. The fourth-order valence-electron chi connectivity index (χ4n) is 3.48. The number of aromatic nitrogens is 2. The molecule has 0 aliphatic rings. The quantitative estimate of drug-likeness (QED) is 0.131. The minimum atomic E-state index is 0. The van der Waals surface area contributed by atoms with Gasteiger partial charge >= 0.3 is 25.8 Å². The number of aryl methyl sites for hydroxylation is 1. The van der Waals surface area contributed by atoms with Crippen molar-refractivity contribution in [1.82, 2.24) is 9.55 Å². The Bertz CT molecular complexity index is 1300. The summed E-state index contributed by atoms with van der Waals surface area (Å²) in [6.45, 7) is 2.03.